The highest BCUT2D eigenvalue weighted by atomic mass is 35.5. The summed E-state index contributed by atoms with van der Waals surface area (Å²) in [5, 5.41) is 3.52. The fourth-order valence-corrected chi connectivity index (χ4v) is 3.58. The molecular formula is C20H25Cl2N3O3. The highest BCUT2D eigenvalue weighted by Gasteiger charge is 2.25. The second-order valence-corrected chi connectivity index (χ2v) is 6.99. The van der Waals surface area contributed by atoms with E-state index in [-0.39, 0.29) is 29.3 Å². The van der Waals surface area contributed by atoms with Crippen LogP contribution in [0.1, 0.15) is 11.1 Å². The van der Waals surface area contributed by atoms with Crippen molar-refractivity contribution in [2.75, 3.05) is 43.4 Å². The molecule has 0 radical (unpaired) electrons. The van der Waals surface area contributed by atoms with Gasteiger partial charge in [-0.05, 0) is 36.9 Å². The van der Waals surface area contributed by atoms with Gasteiger partial charge in [0.2, 0.25) is 0 Å². The minimum absolute atomic E-state index is 0. The second kappa shape index (κ2) is 9.91. The van der Waals surface area contributed by atoms with E-state index in [0.717, 1.165) is 43.0 Å². The standard InChI is InChI=1S/C20H20ClN3O.ClH.2H2O/c1-23-8-10-24(11-9-23)19-5-3-2-4-14(19)12-17-16-7-6-15(21)13-18(16)22-20(17)25;;;/h2-7,12-13H,8-11H2,1H3,(H,22,25);1H;2*1H2/b17-12+;;;. The highest BCUT2D eigenvalue weighted by Crippen LogP contribution is 2.36. The van der Waals surface area contributed by atoms with Crippen LogP contribution in [0.5, 0.6) is 0 Å². The first-order valence-electron chi connectivity index (χ1n) is 8.47. The Morgan fingerprint density at radius 1 is 1.04 bits per heavy atom. The van der Waals surface area contributed by atoms with Crippen LogP contribution in [-0.4, -0.2) is 55.0 Å². The molecule has 2 aliphatic rings. The molecule has 5 N–H and O–H groups in total. The fraction of sp³-hybridized carbons (Fsp3) is 0.250. The van der Waals surface area contributed by atoms with Gasteiger partial charge in [0.1, 0.15) is 0 Å². The molecule has 1 fully saturated rings. The van der Waals surface area contributed by atoms with Gasteiger partial charge in [-0.25, -0.2) is 0 Å². The van der Waals surface area contributed by atoms with Gasteiger partial charge in [-0.2, -0.15) is 0 Å². The van der Waals surface area contributed by atoms with E-state index in [1.807, 2.05) is 24.3 Å². The minimum Gasteiger partial charge on any atom is -0.412 e. The van der Waals surface area contributed by atoms with E-state index in [9.17, 15) is 4.79 Å². The molecule has 1 amide bonds. The average Bonchev–Trinajstić information content (AvgIpc) is 2.91. The third kappa shape index (κ3) is 4.66. The Morgan fingerprint density at radius 3 is 2.43 bits per heavy atom. The van der Waals surface area contributed by atoms with Crippen LogP contribution in [0.25, 0.3) is 11.6 Å². The van der Waals surface area contributed by atoms with Crippen molar-refractivity contribution in [3.05, 3.63) is 58.6 Å². The van der Waals surface area contributed by atoms with Crippen molar-refractivity contribution in [1.29, 1.82) is 0 Å². The summed E-state index contributed by atoms with van der Waals surface area (Å²) >= 11 is 6.04. The Kier molecular flexibility index (Phi) is 8.48. The van der Waals surface area contributed by atoms with Crippen LogP contribution in [0.4, 0.5) is 11.4 Å². The van der Waals surface area contributed by atoms with E-state index in [1.54, 1.807) is 6.07 Å². The molecule has 0 aliphatic carbocycles. The lowest BCUT2D eigenvalue weighted by Gasteiger charge is -2.35. The Labute approximate surface area is 175 Å². The lowest BCUT2D eigenvalue weighted by atomic mass is 10.0. The molecule has 28 heavy (non-hydrogen) atoms. The molecule has 152 valence electrons. The number of para-hydroxylation sites is 1. The molecular weight excluding hydrogens is 401 g/mol. The summed E-state index contributed by atoms with van der Waals surface area (Å²) < 4.78 is 0. The van der Waals surface area contributed by atoms with Crippen LogP contribution in [-0.2, 0) is 4.79 Å². The SMILES string of the molecule is CN1CCN(c2ccccc2/C=C2/C(=O)Nc3cc(Cl)ccc32)CC1.Cl.O.O. The molecule has 2 heterocycles. The van der Waals surface area contributed by atoms with E-state index < -0.39 is 0 Å². The Bertz CT molecular complexity index is 866. The van der Waals surface area contributed by atoms with Gasteiger partial charge in [-0.3, -0.25) is 4.79 Å². The zero-order valence-electron chi connectivity index (χ0n) is 15.5. The number of rotatable bonds is 2. The summed E-state index contributed by atoms with van der Waals surface area (Å²) in [6.07, 6.45) is 1.99. The van der Waals surface area contributed by atoms with Gasteiger partial charge >= 0.3 is 0 Å². The zero-order chi connectivity index (χ0) is 17.4. The average molecular weight is 426 g/mol. The number of carbonyl (C=O) groups is 1. The number of hydrogen-bond donors (Lipinski definition) is 1. The quantitative estimate of drug-likeness (QED) is 0.747. The van der Waals surface area contributed by atoms with Crippen molar-refractivity contribution in [2.45, 2.75) is 0 Å². The number of likely N-dealkylation sites (N-methyl/N-ethyl adjacent to an activating group) is 1. The van der Waals surface area contributed by atoms with E-state index in [4.69, 9.17) is 11.6 Å². The van der Waals surface area contributed by atoms with Crippen molar-refractivity contribution in [3.8, 4) is 0 Å². The topological polar surface area (TPSA) is 98.6 Å². The van der Waals surface area contributed by atoms with Crippen LogP contribution < -0.4 is 10.2 Å². The third-order valence-corrected chi connectivity index (χ3v) is 5.08. The third-order valence-electron chi connectivity index (χ3n) is 4.85. The molecule has 8 heteroatoms. The molecule has 4 rings (SSSR count). The Balaban J connectivity index is 0.00000131. The molecule has 0 saturated carbocycles. The van der Waals surface area contributed by atoms with Crippen LogP contribution in [0.3, 0.4) is 0 Å². The summed E-state index contributed by atoms with van der Waals surface area (Å²) in [6.45, 7) is 4.09. The van der Waals surface area contributed by atoms with E-state index in [2.05, 4.69) is 40.4 Å². The maximum absolute atomic E-state index is 12.4. The van der Waals surface area contributed by atoms with Crippen molar-refractivity contribution in [1.82, 2.24) is 4.90 Å². The zero-order valence-corrected chi connectivity index (χ0v) is 17.1. The van der Waals surface area contributed by atoms with Gasteiger partial charge in [0, 0.05) is 48.0 Å². The summed E-state index contributed by atoms with van der Waals surface area (Å²) in [6, 6.07) is 13.8. The van der Waals surface area contributed by atoms with E-state index in [0.29, 0.717) is 10.6 Å². The van der Waals surface area contributed by atoms with Gasteiger partial charge in [-0.15, -0.1) is 12.4 Å². The molecule has 2 aromatic carbocycles. The van der Waals surface area contributed by atoms with Crippen LogP contribution in [0, 0.1) is 0 Å². The normalized spacial score (nSPS) is 17.1. The van der Waals surface area contributed by atoms with Gasteiger partial charge in [0.05, 0.1) is 5.69 Å². The van der Waals surface area contributed by atoms with Gasteiger partial charge in [0.25, 0.3) is 5.91 Å². The monoisotopic (exact) mass is 425 g/mol. The van der Waals surface area contributed by atoms with Crippen LogP contribution in [0.15, 0.2) is 42.5 Å². The number of nitrogens with one attached hydrogen (secondary N) is 1. The smallest absolute Gasteiger partial charge is 0.256 e. The van der Waals surface area contributed by atoms with Crippen molar-refractivity contribution >= 4 is 52.9 Å². The summed E-state index contributed by atoms with van der Waals surface area (Å²) in [4.78, 5) is 17.2. The van der Waals surface area contributed by atoms with E-state index >= 15 is 0 Å². The number of nitrogens with zero attached hydrogens (tertiary/aromatic N) is 2. The number of anilines is 2. The van der Waals surface area contributed by atoms with Crippen LogP contribution in [0.2, 0.25) is 5.02 Å². The first kappa shape index (κ1) is 23.9. The van der Waals surface area contributed by atoms with Crippen molar-refractivity contribution in [2.24, 2.45) is 0 Å². The maximum Gasteiger partial charge on any atom is 0.256 e. The first-order chi connectivity index (χ1) is 12.1. The van der Waals surface area contributed by atoms with E-state index in [1.165, 1.54) is 5.69 Å². The first-order valence-corrected chi connectivity index (χ1v) is 8.85. The summed E-state index contributed by atoms with van der Waals surface area (Å²) in [7, 11) is 2.15. The number of carbonyl (C=O) groups excluding carboxylic acids is 1. The molecule has 1 saturated heterocycles. The number of halogens is 2. The maximum atomic E-state index is 12.4. The predicted octanol–water partition coefficient (Wildman–Crippen LogP) is 2.36. The minimum atomic E-state index is -0.0783. The number of benzene rings is 2. The molecule has 0 unspecified atom stereocenters. The molecule has 2 aliphatic heterocycles. The molecule has 0 aromatic heterocycles. The Hall–Kier alpha value is -2.09. The lowest BCUT2D eigenvalue weighted by Crippen LogP contribution is -2.44. The van der Waals surface area contributed by atoms with Crippen LogP contribution >= 0.6 is 24.0 Å². The predicted molar refractivity (Wildman–Crippen MR) is 119 cm³/mol. The second-order valence-electron chi connectivity index (χ2n) is 6.55. The fourth-order valence-electron chi connectivity index (χ4n) is 3.41. The number of hydrogen-bond acceptors (Lipinski definition) is 3. The largest absolute Gasteiger partial charge is 0.412 e. The molecule has 0 atom stereocenters. The van der Waals surface area contributed by atoms with Crippen molar-refractivity contribution < 1.29 is 15.7 Å². The number of piperazine rings is 1. The molecule has 2 aromatic rings. The highest BCUT2D eigenvalue weighted by molar-refractivity contribution is 6.36. The van der Waals surface area contributed by atoms with Gasteiger partial charge in [0.15, 0.2) is 0 Å². The lowest BCUT2D eigenvalue weighted by molar-refractivity contribution is -0.110. The van der Waals surface area contributed by atoms with Crippen molar-refractivity contribution in [3.63, 3.8) is 0 Å². The molecule has 6 nitrogen and oxygen atoms in total. The van der Waals surface area contributed by atoms with Gasteiger partial charge < -0.3 is 26.1 Å². The summed E-state index contributed by atoms with van der Waals surface area (Å²) in [5.41, 5.74) is 4.62. The molecule has 0 spiro atoms. The van der Waals surface area contributed by atoms with Gasteiger partial charge in [-0.1, -0.05) is 35.9 Å². The molecule has 0 bridgehead atoms. The number of amides is 1. The number of fused-ring (bicyclic) bond motifs is 1. The Morgan fingerprint density at radius 2 is 1.71 bits per heavy atom. The summed E-state index contributed by atoms with van der Waals surface area (Å²) in [5.74, 6) is -0.0783.